The highest BCUT2D eigenvalue weighted by Gasteiger charge is 2.25. The van der Waals surface area contributed by atoms with E-state index in [0.717, 1.165) is 26.1 Å². The first-order valence-electron chi connectivity index (χ1n) is 9.36. The summed E-state index contributed by atoms with van der Waals surface area (Å²) in [6.07, 6.45) is 5.84. The third kappa shape index (κ3) is 3.87. The van der Waals surface area contributed by atoms with Crippen LogP contribution in [0.2, 0.25) is 0 Å². The fourth-order valence-corrected chi connectivity index (χ4v) is 4.17. The van der Waals surface area contributed by atoms with Crippen molar-refractivity contribution in [2.75, 3.05) is 32.7 Å². The van der Waals surface area contributed by atoms with Crippen molar-refractivity contribution in [3.8, 4) is 0 Å². The summed E-state index contributed by atoms with van der Waals surface area (Å²) < 4.78 is 2.24. The molecule has 1 saturated heterocycles. The molecule has 0 N–H and O–H groups in total. The van der Waals surface area contributed by atoms with E-state index in [9.17, 15) is 0 Å². The maximum atomic E-state index is 4.57. The summed E-state index contributed by atoms with van der Waals surface area (Å²) in [5.74, 6) is 0.681. The first kappa shape index (κ1) is 15.9. The molecule has 2 aromatic rings. The highest BCUT2D eigenvalue weighted by Crippen LogP contribution is 2.19. The second kappa shape index (κ2) is 7.49. The van der Waals surface area contributed by atoms with Crippen LogP contribution in [-0.4, -0.2) is 52.3 Å². The van der Waals surface area contributed by atoms with Crippen LogP contribution < -0.4 is 0 Å². The number of likely N-dealkylation sites (tertiary alicyclic amines) is 1. The third-order valence-electron chi connectivity index (χ3n) is 5.41. The Morgan fingerprint density at radius 1 is 0.958 bits per heavy atom. The molecule has 1 aromatic carbocycles. The molecular formula is C20H28N4. The number of aromatic nitrogens is 2. The molecule has 4 rings (SSSR count). The molecule has 1 atom stereocenters. The summed E-state index contributed by atoms with van der Waals surface area (Å²) in [7, 11) is 0. The third-order valence-corrected chi connectivity index (χ3v) is 5.41. The first-order chi connectivity index (χ1) is 11.9. The lowest BCUT2D eigenvalue weighted by Gasteiger charge is -2.27. The molecule has 1 unspecified atom stereocenters. The van der Waals surface area contributed by atoms with E-state index in [1.165, 1.54) is 50.3 Å². The normalized spacial score (nSPS) is 22.4. The average Bonchev–Trinajstić information content (AvgIpc) is 3.23. The van der Waals surface area contributed by atoms with Gasteiger partial charge in [-0.3, -0.25) is 9.58 Å². The van der Waals surface area contributed by atoms with Gasteiger partial charge in [0.05, 0.1) is 5.69 Å². The number of fused-ring (bicyclic) bond motifs is 1. The van der Waals surface area contributed by atoms with E-state index in [4.69, 9.17) is 0 Å². The number of nitrogens with zero attached hydrogens (tertiary/aromatic N) is 4. The lowest BCUT2D eigenvalue weighted by molar-refractivity contribution is 0.188. The van der Waals surface area contributed by atoms with Crippen molar-refractivity contribution in [1.82, 2.24) is 19.6 Å². The SMILES string of the molecule is c1ccc(CCN2Cc3ccnn3CC(CN3CCCC3)C2)cc1. The number of hydrogen-bond donors (Lipinski definition) is 0. The molecule has 2 aliphatic heterocycles. The van der Waals surface area contributed by atoms with E-state index in [-0.39, 0.29) is 0 Å². The molecule has 4 nitrogen and oxygen atoms in total. The Balaban J connectivity index is 1.42. The maximum absolute atomic E-state index is 4.57. The van der Waals surface area contributed by atoms with Gasteiger partial charge < -0.3 is 4.90 Å². The minimum Gasteiger partial charge on any atom is -0.303 e. The fraction of sp³-hybridized carbons (Fsp3) is 0.550. The summed E-state index contributed by atoms with van der Waals surface area (Å²) in [6, 6.07) is 13.0. The highest BCUT2D eigenvalue weighted by molar-refractivity contribution is 5.15. The summed E-state index contributed by atoms with van der Waals surface area (Å²) in [5, 5.41) is 4.57. The maximum Gasteiger partial charge on any atom is 0.0524 e. The average molecular weight is 324 g/mol. The largest absolute Gasteiger partial charge is 0.303 e. The van der Waals surface area contributed by atoms with Crippen LogP contribution in [0, 0.1) is 5.92 Å². The Hall–Kier alpha value is -1.65. The van der Waals surface area contributed by atoms with Crippen LogP contribution in [0.4, 0.5) is 0 Å². The quantitative estimate of drug-likeness (QED) is 0.845. The Kier molecular flexibility index (Phi) is 4.95. The van der Waals surface area contributed by atoms with Crippen molar-refractivity contribution in [1.29, 1.82) is 0 Å². The zero-order valence-corrected chi connectivity index (χ0v) is 14.5. The molecule has 4 heteroatoms. The van der Waals surface area contributed by atoms with Gasteiger partial charge in [-0.25, -0.2) is 0 Å². The summed E-state index contributed by atoms with van der Waals surface area (Å²) in [4.78, 5) is 5.28. The summed E-state index contributed by atoms with van der Waals surface area (Å²) in [6.45, 7) is 8.21. The van der Waals surface area contributed by atoms with Crippen molar-refractivity contribution >= 4 is 0 Å². The topological polar surface area (TPSA) is 24.3 Å². The first-order valence-corrected chi connectivity index (χ1v) is 9.36. The number of benzene rings is 1. The van der Waals surface area contributed by atoms with E-state index < -0.39 is 0 Å². The van der Waals surface area contributed by atoms with Crippen LogP contribution in [0.25, 0.3) is 0 Å². The molecule has 0 spiro atoms. The Morgan fingerprint density at radius 2 is 1.79 bits per heavy atom. The predicted octanol–water partition coefficient (Wildman–Crippen LogP) is 2.65. The van der Waals surface area contributed by atoms with Gasteiger partial charge in [0.2, 0.25) is 0 Å². The van der Waals surface area contributed by atoms with Gasteiger partial charge in [0.25, 0.3) is 0 Å². The summed E-state index contributed by atoms with van der Waals surface area (Å²) in [5.41, 5.74) is 2.80. The molecule has 24 heavy (non-hydrogen) atoms. The van der Waals surface area contributed by atoms with Crippen molar-refractivity contribution < 1.29 is 0 Å². The summed E-state index contributed by atoms with van der Waals surface area (Å²) >= 11 is 0. The fourth-order valence-electron chi connectivity index (χ4n) is 4.17. The minimum absolute atomic E-state index is 0.681. The van der Waals surface area contributed by atoms with Crippen LogP contribution >= 0.6 is 0 Å². The molecule has 0 saturated carbocycles. The van der Waals surface area contributed by atoms with Crippen LogP contribution in [0.1, 0.15) is 24.1 Å². The molecule has 0 bridgehead atoms. The molecule has 0 amide bonds. The minimum atomic E-state index is 0.681. The van der Waals surface area contributed by atoms with Crippen molar-refractivity contribution in [2.24, 2.45) is 5.92 Å². The van der Waals surface area contributed by atoms with E-state index in [1.54, 1.807) is 0 Å². The van der Waals surface area contributed by atoms with Gasteiger partial charge in [-0.2, -0.15) is 5.10 Å². The van der Waals surface area contributed by atoms with Crippen molar-refractivity contribution in [2.45, 2.75) is 32.4 Å². The molecule has 0 radical (unpaired) electrons. The van der Waals surface area contributed by atoms with Gasteiger partial charge in [0, 0.05) is 44.8 Å². The van der Waals surface area contributed by atoms with Crippen LogP contribution in [-0.2, 0) is 19.5 Å². The van der Waals surface area contributed by atoms with Crippen LogP contribution in [0.5, 0.6) is 0 Å². The molecular weight excluding hydrogens is 296 g/mol. The van der Waals surface area contributed by atoms with E-state index >= 15 is 0 Å². The van der Waals surface area contributed by atoms with Gasteiger partial charge in [0.15, 0.2) is 0 Å². The standard InChI is InChI=1S/C20H28N4/c1-2-6-18(7-3-1)9-13-23-15-19(14-22-11-4-5-12-22)16-24-20(17-23)8-10-21-24/h1-3,6-8,10,19H,4-5,9,11-17H2. The number of hydrogen-bond acceptors (Lipinski definition) is 3. The second-order valence-electron chi connectivity index (χ2n) is 7.35. The Morgan fingerprint density at radius 3 is 2.62 bits per heavy atom. The lowest BCUT2D eigenvalue weighted by atomic mass is 10.1. The van der Waals surface area contributed by atoms with E-state index in [2.05, 4.69) is 56.0 Å². The Labute approximate surface area is 145 Å². The lowest BCUT2D eigenvalue weighted by Crippen LogP contribution is -2.36. The Bertz CT molecular complexity index is 630. The molecule has 1 fully saturated rings. The monoisotopic (exact) mass is 324 g/mol. The van der Waals surface area contributed by atoms with Crippen LogP contribution in [0.15, 0.2) is 42.6 Å². The van der Waals surface area contributed by atoms with Gasteiger partial charge in [-0.15, -0.1) is 0 Å². The zero-order valence-electron chi connectivity index (χ0n) is 14.5. The van der Waals surface area contributed by atoms with Gasteiger partial charge >= 0.3 is 0 Å². The van der Waals surface area contributed by atoms with Gasteiger partial charge in [0.1, 0.15) is 0 Å². The second-order valence-corrected chi connectivity index (χ2v) is 7.35. The van der Waals surface area contributed by atoms with Gasteiger partial charge in [-0.1, -0.05) is 30.3 Å². The van der Waals surface area contributed by atoms with Crippen LogP contribution in [0.3, 0.4) is 0 Å². The van der Waals surface area contributed by atoms with Crippen molar-refractivity contribution in [3.05, 3.63) is 53.9 Å². The molecule has 3 heterocycles. The molecule has 1 aromatic heterocycles. The van der Waals surface area contributed by atoms with Crippen molar-refractivity contribution in [3.63, 3.8) is 0 Å². The highest BCUT2D eigenvalue weighted by atomic mass is 15.3. The smallest absolute Gasteiger partial charge is 0.0524 e. The van der Waals surface area contributed by atoms with Gasteiger partial charge in [-0.05, 0) is 44.0 Å². The molecule has 128 valence electrons. The molecule has 0 aliphatic carbocycles. The zero-order chi connectivity index (χ0) is 16.2. The number of rotatable bonds is 5. The predicted molar refractivity (Wildman–Crippen MR) is 96.8 cm³/mol. The van der Waals surface area contributed by atoms with E-state index in [1.807, 2.05) is 6.20 Å². The molecule has 2 aliphatic rings. The van der Waals surface area contributed by atoms with E-state index in [0.29, 0.717) is 5.92 Å².